The standard InChI is InChI=1S/C32H44N2O7S3Si/c1-7-33-28-22-34(19-14-20-40-6)44(38,39)31-27(28)21-30(42-31)43(36,37)23-29(35)24(2)41-45(32(3,4)5,25-15-10-8-11-16-25)26-17-12-9-13-18-26/h8-13,15-18,21,24,28,33H,7,14,19-20,22-23H2,1-6H3/t24-,28-/m0/s1. The molecule has 1 aliphatic rings. The van der Waals surface area contributed by atoms with Crippen LogP contribution in [0.2, 0.25) is 5.04 Å². The number of carbonyl (C=O) groups excluding carboxylic acids is 1. The number of ketones is 1. The van der Waals surface area contributed by atoms with Gasteiger partial charge >= 0.3 is 0 Å². The van der Waals surface area contributed by atoms with Crippen molar-refractivity contribution in [3.05, 3.63) is 72.3 Å². The van der Waals surface area contributed by atoms with Gasteiger partial charge in [-0.1, -0.05) is 88.4 Å². The molecule has 0 saturated heterocycles. The number of benzene rings is 2. The molecule has 2 heterocycles. The van der Waals surface area contributed by atoms with Gasteiger partial charge < -0.3 is 14.5 Å². The monoisotopic (exact) mass is 692 g/mol. The summed E-state index contributed by atoms with van der Waals surface area (Å²) in [7, 11) is -9.64. The van der Waals surface area contributed by atoms with Crippen molar-refractivity contribution in [3.8, 4) is 0 Å². The molecule has 1 aliphatic heterocycles. The molecule has 0 bridgehead atoms. The van der Waals surface area contributed by atoms with Crippen LogP contribution in [-0.2, 0) is 33.8 Å². The van der Waals surface area contributed by atoms with Gasteiger partial charge in [-0.25, -0.2) is 16.8 Å². The summed E-state index contributed by atoms with van der Waals surface area (Å²) in [6.45, 7) is 11.2. The zero-order valence-corrected chi connectivity index (χ0v) is 30.2. The molecule has 2 atom stereocenters. The first kappa shape index (κ1) is 35.6. The number of fused-ring (bicyclic) bond motifs is 1. The lowest BCUT2D eigenvalue weighted by molar-refractivity contribution is -0.122. The topological polar surface area (TPSA) is 119 Å². The Balaban J connectivity index is 1.66. The highest BCUT2D eigenvalue weighted by atomic mass is 32.3. The van der Waals surface area contributed by atoms with Crippen molar-refractivity contribution in [1.29, 1.82) is 0 Å². The number of carbonyl (C=O) groups is 1. The number of hydrogen-bond acceptors (Lipinski definition) is 9. The number of methoxy groups -OCH3 is 1. The lowest BCUT2D eigenvalue weighted by Gasteiger charge is -2.44. The number of thiophene rings is 1. The van der Waals surface area contributed by atoms with E-state index in [2.05, 4.69) is 26.1 Å². The van der Waals surface area contributed by atoms with E-state index < -0.39 is 50.9 Å². The van der Waals surface area contributed by atoms with Gasteiger partial charge in [-0.15, -0.1) is 11.3 Å². The van der Waals surface area contributed by atoms with Crippen molar-refractivity contribution >= 4 is 55.7 Å². The fourth-order valence-corrected chi connectivity index (χ4v) is 15.9. The molecule has 0 fully saturated rings. The summed E-state index contributed by atoms with van der Waals surface area (Å²) in [4.78, 5) is 13.7. The lowest BCUT2D eigenvalue weighted by Crippen LogP contribution is -2.68. The Morgan fingerprint density at radius 3 is 2.18 bits per heavy atom. The number of sulfonamides is 1. The highest BCUT2D eigenvalue weighted by molar-refractivity contribution is 7.95. The van der Waals surface area contributed by atoms with Gasteiger partial charge in [-0.3, -0.25) is 4.79 Å². The minimum atomic E-state index is -4.17. The Kier molecular flexibility index (Phi) is 11.3. The number of ether oxygens (including phenoxy) is 1. The maximum Gasteiger partial charge on any atom is 0.262 e. The first-order valence-corrected chi connectivity index (χ1v) is 20.9. The zero-order chi connectivity index (χ0) is 33.0. The zero-order valence-electron chi connectivity index (χ0n) is 26.8. The first-order valence-electron chi connectivity index (χ1n) is 15.1. The van der Waals surface area contributed by atoms with Crippen molar-refractivity contribution in [2.75, 3.05) is 39.1 Å². The molecule has 9 nitrogen and oxygen atoms in total. The van der Waals surface area contributed by atoms with Crippen LogP contribution >= 0.6 is 11.3 Å². The summed E-state index contributed by atoms with van der Waals surface area (Å²) in [6.07, 6.45) is -0.520. The second kappa shape index (κ2) is 14.3. The minimum absolute atomic E-state index is 0.000230. The number of likely N-dealkylation sites (N-methyl/N-ethyl adjacent to an activating group) is 1. The summed E-state index contributed by atoms with van der Waals surface area (Å²) < 4.78 is 67.7. The van der Waals surface area contributed by atoms with Crippen molar-refractivity contribution in [2.45, 2.75) is 66.6 Å². The molecule has 0 unspecified atom stereocenters. The number of hydrogen-bond donors (Lipinski definition) is 1. The van der Waals surface area contributed by atoms with E-state index in [1.165, 1.54) is 10.4 Å². The van der Waals surface area contributed by atoms with Gasteiger partial charge in [0.15, 0.2) is 15.6 Å². The van der Waals surface area contributed by atoms with E-state index >= 15 is 0 Å². The number of sulfone groups is 1. The SMILES string of the molecule is CCN[C@H]1CN(CCCOC)S(=O)(=O)c2sc(S(=O)(=O)CC(=O)[C@H](C)O[Si](c3ccccc3)(c3ccccc3)C(C)(C)C)cc21. The molecule has 2 aromatic carbocycles. The van der Waals surface area contributed by atoms with E-state index in [9.17, 15) is 21.6 Å². The van der Waals surface area contributed by atoms with E-state index in [0.717, 1.165) is 10.4 Å². The van der Waals surface area contributed by atoms with Crippen LogP contribution in [0.4, 0.5) is 0 Å². The smallest absolute Gasteiger partial charge is 0.262 e. The molecule has 0 spiro atoms. The van der Waals surface area contributed by atoms with Gasteiger partial charge in [0.25, 0.3) is 18.3 Å². The third-order valence-electron chi connectivity index (χ3n) is 8.11. The Morgan fingerprint density at radius 1 is 1.09 bits per heavy atom. The minimum Gasteiger partial charge on any atom is -0.398 e. The second-order valence-corrected chi connectivity index (χ2v) is 21.9. The van der Waals surface area contributed by atoms with Crippen LogP contribution < -0.4 is 15.7 Å². The summed E-state index contributed by atoms with van der Waals surface area (Å²) >= 11 is 0.713. The molecular weight excluding hydrogens is 649 g/mol. The van der Waals surface area contributed by atoms with Crippen molar-refractivity contribution in [3.63, 3.8) is 0 Å². The van der Waals surface area contributed by atoms with E-state index in [0.29, 0.717) is 36.5 Å². The number of Topliss-reactive ketones (excluding diaryl/α,β-unsaturated/α-hetero) is 1. The predicted octanol–water partition coefficient (Wildman–Crippen LogP) is 3.75. The van der Waals surface area contributed by atoms with E-state index in [-0.39, 0.29) is 27.5 Å². The van der Waals surface area contributed by atoms with Crippen molar-refractivity contribution < 1.29 is 30.8 Å². The molecule has 0 amide bonds. The summed E-state index contributed by atoms with van der Waals surface area (Å²) in [5, 5.41) is 4.84. The third kappa shape index (κ3) is 7.35. The van der Waals surface area contributed by atoms with Crippen molar-refractivity contribution in [1.82, 2.24) is 9.62 Å². The van der Waals surface area contributed by atoms with Crippen LogP contribution in [0.15, 0.2) is 75.1 Å². The molecule has 246 valence electrons. The molecular formula is C32H44N2O7S3Si. The Morgan fingerprint density at radius 2 is 1.67 bits per heavy atom. The maximum absolute atomic E-state index is 13.7. The number of nitrogens with one attached hydrogen (secondary N) is 1. The van der Waals surface area contributed by atoms with Crippen LogP contribution in [0.3, 0.4) is 0 Å². The van der Waals surface area contributed by atoms with Crippen LogP contribution in [0.1, 0.15) is 52.6 Å². The largest absolute Gasteiger partial charge is 0.398 e. The second-order valence-electron chi connectivity index (χ2n) is 12.3. The lowest BCUT2D eigenvalue weighted by atomic mass is 10.1. The van der Waals surface area contributed by atoms with Crippen LogP contribution in [0, 0.1) is 0 Å². The molecule has 13 heteroatoms. The first-order chi connectivity index (χ1) is 21.2. The van der Waals surface area contributed by atoms with E-state index in [1.807, 2.05) is 67.6 Å². The Bertz CT molecular complexity index is 1630. The molecule has 4 rings (SSSR count). The predicted molar refractivity (Wildman–Crippen MR) is 181 cm³/mol. The van der Waals surface area contributed by atoms with Crippen LogP contribution in [-0.4, -0.2) is 80.4 Å². The maximum atomic E-state index is 13.7. The fraction of sp³-hybridized carbons (Fsp3) is 0.469. The molecule has 0 saturated carbocycles. The average Bonchev–Trinajstić information content (AvgIpc) is 3.47. The van der Waals surface area contributed by atoms with Gasteiger partial charge in [0.2, 0.25) is 0 Å². The molecule has 1 aromatic heterocycles. The van der Waals surface area contributed by atoms with Gasteiger partial charge in [0, 0.05) is 38.4 Å². The average molecular weight is 693 g/mol. The molecule has 0 aliphatic carbocycles. The molecule has 1 N–H and O–H groups in total. The normalized spacial score (nSPS) is 18.0. The molecule has 3 aromatic rings. The Hall–Kier alpha value is -2.23. The van der Waals surface area contributed by atoms with Gasteiger partial charge in [-0.05, 0) is 41.4 Å². The van der Waals surface area contributed by atoms with Crippen LogP contribution in [0.25, 0.3) is 0 Å². The van der Waals surface area contributed by atoms with Gasteiger partial charge in [0.05, 0.1) is 0 Å². The van der Waals surface area contributed by atoms with Gasteiger partial charge in [-0.2, -0.15) is 4.31 Å². The highest BCUT2D eigenvalue weighted by Gasteiger charge is 2.52. The fourth-order valence-electron chi connectivity index (χ4n) is 5.90. The van der Waals surface area contributed by atoms with Gasteiger partial charge in [0.1, 0.15) is 20.3 Å². The van der Waals surface area contributed by atoms with Crippen molar-refractivity contribution in [2.24, 2.45) is 0 Å². The molecule has 45 heavy (non-hydrogen) atoms. The highest BCUT2D eigenvalue weighted by Crippen LogP contribution is 2.41. The van der Waals surface area contributed by atoms with Crippen LogP contribution in [0.5, 0.6) is 0 Å². The number of rotatable bonds is 14. The number of nitrogens with zero attached hydrogens (tertiary/aromatic N) is 1. The summed E-state index contributed by atoms with van der Waals surface area (Å²) in [5.41, 5.74) is 0.424. The molecule has 0 radical (unpaired) electrons. The quantitative estimate of drug-likeness (QED) is 0.201. The van der Waals surface area contributed by atoms with E-state index in [1.54, 1.807) is 14.0 Å². The summed E-state index contributed by atoms with van der Waals surface area (Å²) in [5.74, 6) is -1.38. The van der Waals surface area contributed by atoms with E-state index in [4.69, 9.17) is 9.16 Å². The summed E-state index contributed by atoms with van der Waals surface area (Å²) in [6, 6.07) is 20.7. The Labute approximate surface area is 273 Å². The third-order valence-corrected chi connectivity index (χ3v) is 19.0.